The number of aromatic nitrogens is 1. The average Bonchev–Trinajstić information content (AvgIpc) is 2.91. The van der Waals surface area contributed by atoms with Crippen LogP contribution in [0.15, 0.2) is 114 Å². The Labute approximate surface area is 205 Å². The maximum atomic E-state index is 13.6. The van der Waals surface area contributed by atoms with E-state index in [1.165, 1.54) is 25.4 Å². The van der Waals surface area contributed by atoms with Gasteiger partial charge in [0, 0.05) is 18.9 Å². The highest BCUT2D eigenvalue weighted by atomic mass is 32.2. The summed E-state index contributed by atoms with van der Waals surface area (Å²) in [4.78, 5) is 17.7. The maximum absolute atomic E-state index is 13.6. The summed E-state index contributed by atoms with van der Waals surface area (Å²) in [7, 11) is -2.32. The number of hydrogen-bond acceptors (Lipinski definition) is 5. The van der Waals surface area contributed by atoms with Crippen LogP contribution in [0.3, 0.4) is 0 Å². The second kappa shape index (κ2) is 11.0. The third-order valence-corrected chi connectivity index (χ3v) is 7.93. The molecule has 7 heteroatoms. The maximum Gasteiger partial charge on any atom is 0.232 e. The van der Waals surface area contributed by atoms with Gasteiger partial charge in [0.1, 0.15) is 11.0 Å². The number of hydrogen-bond donors (Lipinski definition) is 1. The Morgan fingerprint density at radius 1 is 0.829 bits per heavy atom. The van der Waals surface area contributed by atoms with Crippen molar-refractivity contribution in [3.63, 3.8) is 0 Å². The Morgan fingerprint density at radius 2 is 1.40 bits per heavy atom. The van der Waals surface area contributed by atoms with Crippen LogP contribution in [0.1, 0.15) is 27.9 Å². The third kappa shape index (κ3) is 5.58. The number of ether oxygens (including phenoxy) is 1. The fraction of sp³-hybridized carbons (Fsp3) is 0.143. The van der Waals surface area contributed by atoms with E-state index in [1.807, 2.05) is 60.7 Å². The van der Waals surface area contributed by atoms with Crippen molar-refractivity contribution in [1.82, 2.24) is 10.3 Å². The lowest BCUT2D eigenvalue weighted by atomic mass is 9.90. The molecular formula is C28H26N2O4S. The van der Waals surface area contributed by atoms with Crippen LogP contribution >= 0.6 is 0 Å². The van der Waals surface area contributed by atoms with Gasteiger partial charge in [0.05, 0.1) is 17.9 Å². The van der Waals surface area contributed by atoms with E-state index in [0.29, 0.717) is 11.3 Å². The van der Waals surface area contributed by atoms with E-state index < -0.39 is 21.0 Å². The number of pyridine rings is 1. The van der Waals surface area contributed by atoms with Crippen LogP contribution in [-0.4, -0.2) is 33.0 Å². The lowest BCUT2D eigenvalue weighted by Gasteiger charge is -2.22. The van der Waals surface area contributed by atoms with Crippen LogP contribution in [0.2, 0.25) is 0 Å². The Kier molecular flexibility index (Phi) is 7.57. The molecule has 35 heavy (non-hydrogen) atoms. The van der Waals surface area contributed by atoms with Crippen molar-refractivity contribution in [3.05, 3.63) is 126 Å². The second-order valence-electron chi connectivity index (χ2n) is 8.00. The number of benzene rings is 3. The molecule has 1 N–H and O–H groups in total. The highest BCUT2D eigenvalue weighted by molar-refractivity contribution is 7.91. The molecule has 0 spiro atoms. The van der Waals surface area contributed by atoms with Crippen molar-refractivity contribution < 1.29 is 17.9 Å². The van der Waals surface area contributed by atoms with Crippen LogP contribution in [0.25, 0.3) is 0 Å². The molecule has 178 valence electrons. The molecule has 1 atom stereocenters. The van der Waals surface area contributed by atoms with E-state index in [2.05, 4.69) is 10.3 Å². The summed E-state index contributed by atoms with van der Waals surface area (Å²) >= 11 is 0. The van der Waals surface area contributed by atoms with Crippen molar-refractivity contribution in [3.8, 4) is 5.75 Å². The van der Waals surface area contributed by atoms with Crippen molar-refractivity contribution in [1.29, 1.82) is 0 Å². The number of carbonyl (C=O) groups excluding carboxylic acids is 1. The molecule has 0 radical (unpaired) electrons. The number of amides is 1. The summed E-state index contributed by atoms with van der Waals surface area (Å²) in [5.41, 5.74) is 2.15. The van der Waals surface area contributed by atoms with Gasteiger partial charge in [-0.2, -0.15) is 0 Å². The van der Waals surface area contributed by atoms with Gasteiger partial charge in [-0.1, -0.05) is 66.7 Å². The molecule has 0 saturated heterocycles. The zero-order valence-corrected chi connectivity index (χ0v) is 20.1. The van der Waals surface area contributed by atoms with Gasteiger partial charge in [-0.3, -0.25) is 9.78 Å². The lowest BCUT2D eigenvalue weighted by Crippen LogP contribution is -2.35. The predicted octanol–water partition coefficient (Wildman–Crippen LogP) is 4.55. The standard InChI is InChI=1S/C28H26N2O4S/c1-34-24-14-16-25(17-15-24)35(32,33)26(23-13-8-18-29-19-23)20-30-28(31)27(21-9-4-2-5-10-21)22-11-6-3-7-12-22/h2-19,26-27H,20H2,1H3,(H,30,31)/t26-/m0/s1. The van der Waals surface area contributed by atoms with Gasteiger partial charge in [-0.25, -0.2) is 8.42 Å². The Morgan fingerprint density at radius 3 is 1.91 bits per heavy atom. The first-order valence-electron chi connectivity index (χ1n) is 11.2. The molecule has 0 aliphatic carbocycles. The Balaban J connectivity index is 1.65. The number of nitrogens with zero attached hydrogens (tertiary/aromatic N) is 1. The minimum Gasteiger partial charge on any atom is -0.497 e. The summed E-state index contributed by atoms with van der Waals surface area (Å²) in [6.07, 6.45) is 3.10. The van der Waals surface area contributed by atoms with Crippen molar-refractivity contribution >= 4 is 15.7 Å². The smallest absolute Gasteiger partial charge is 0.232 e. The van der Waals surface area contributed by atoms with Gasteiger partial charge in [0.2, 0.25) is 5.91 Å². The van der Waals surface area contributed by atoms with Crippen LogP contribution in [-0.2, 0) is 14.6 Å². The molecule has 0 aliphatic heterocycles. The fourth-order valence-corrected chi connectivity index (χ4v) is 5.63. The highest BCUT2D eigenvalue weighted by Gasteiger charge is 2.31. The Hall–Kier alpha value is -3.97. The molecule has 4 rings (SSSR count). The van der Waals surface area contributed by atoms with E-state index in [-0.39, 0.29) is 17.3 Å². The monoisotopic (exact) mass is 486 g/mol. The summed E-state index contributed by atoms with van der Waals surface area (Å²) in [5.74, 6) is -0.291. The van der Waals surface area contributed by atoms with Gasteiger partial charge in [-0.15, -0.1) is 0 Å². The second-order valence-corrected chi connectivity index (χ2v) is 10.1. The van der Waals surface area contributed by atoms with Crippen molar-refractivity contribution in [2.75, 3.05) is 13.7 Å². The molecular weight excluding hydrogens is 460 g/mol. The predicted molar refractivity (Wildman–Crippen MR) is 135 cm³/mol. The summed E-state index contributed by atoms with van der Waals surface area (Å²) in [5, 5.41) is 1.89. The van der Waals surface area contributed by atoms with Crippen LogP contribution < -0.4 is 10.1 Å². The van der Waals surface area contributed by atoms with Gasteiger partial charge < -0.3 is 10.1 Å². The first kappa shape index (κ1) is 24.2. The zero-order chi connectivity index (χ0) is 24.7. The van der Waals surface area contributed by atoms with Gasteiger partial charge in [0.15, 0.2) is 9.84 Å². The number of methoxy groups -OCH3 is 1. The van der Waals surface area contributed by atoms with Gasteiger partial charge >= 0.3 is 0 Å². The van der Waals surface area contributed by atoms with E-state index in [0.717, 1.165) is 11.1 Å². The molecule has 3 aromatic carbocycles. The number of nitrogens with one attached hydrogen (secondary N) is 1. The van der Waals surface area contributed by atoms with E-state index in [9.17, 15) is 13.2 Å². The van der Waals surface area contributed by atoms with Crippen LogP contribution in [0.4, 0.5) is 0 Å². The third-order valence-electron chi connectivity index (χ3n) is 5.81. The zero-order valence-electron chi connectivity index (χ0n) is 19.2. The molecule has 1 aromatic heterocycles. The molecule has 1 heterocycles. The highest BCUT2D eigenvalue weighted by Crippen LogP contribution is 2.30. The lowest BCUT2D eigenvalue weighted by molar-refractivity contribution is -0.121. The first-order chi connectivity index (χ1) is 17.0. The van der Waals surface area contributed by atoms with Crippen molar-refractivity contribution in [2.45, 2.75) is 16.1 Å². The van der Waals surface area contributed by atoms with Crippen molar-refractivity contribution in [2.24, 2.45) is 0 Å². The summed E-state index contributed by atoms with van der Waals surface area (Å²) in [6, 6.07) is 28.5. The molecule has 0 saturated carbocycles. The number of sulfone groups is 1. The first-order valence-corrected chi connectivity index (χ1v) is 12.7. The summed E-state index contributed by atoms with van der Waals surface area (Å²) < 4.78 is 32.4. The average molecular weight is 487 g/mol. The molecule has 1 amide bonds. The summed E-state index contributed by atoms with van der Waals surface area (Å²) in [6.45, 7) is -0.102. The Bertz CT molecular complexity index is 1310. The van der Waals surface area contributed by atoms with Crippen LogP contribution in [0.5, 0.6) is 5.75 Å². The van der Waals surface area contributed by atoms with Crippen LogP contribution in [0, 0.1) is 0 Å². The molecule has 4 aromatic rings. The van der Waals surface area contributed by atoms with Gasteiger partial charge in [0.25, 0.3) is 0 Å². The van der Waals surface area contributed by atoms with E-state index >= 15 is 0 Å². The molecule has 0 bridgehead atoms. The number of rotatable bonds is 9. The minimum atomic E-state index is -3.84. The largest absolute Gasteiger partial charge is 0.497 e. The van der Waals surface area contributed by atoms with E-state index in [1.54, 1.807) is 30.5 Å². The van der Waals surface area contributed by atoms with Gasteiger partial charge in [-0.05, 0) is 47.0 Å². The quantitative estimate of drug-likeness (QED) is 0.375. The fourth-order valence-electron chi connectivity index (χ4n) is 3.98. The SMILES string of the molecule is COc1ccc(S(=O)(=O)[C@@H](CNC(=O)C(c2ccccc2)c2ccccc2)c2cccnc2)cc1. The normalized spacial score (nSPS) is 12.2. The topological polar surface area (TPSA) is 85.4 Å². The molecule has 6 nitrogen and oxygen atoms in total. The van der Waals surface area contributed by atoms with E-state index in [4.69, 9.17) is 4.74 Å². The minimum absolute atomic E-state index is 0.102. The molecule has 0 aliphatic rings. The molecule has 0 fully saturated rings. The molecule has 0 unspecified atom stereocenters. The number of carbonyl (C=O) groups is 1.